The summed E-state index contributed by atoms with van der Waals surface area (Å²) in [7, 11) is 0. The van der Waals surface area contributed by atoms with Crippen molar-refractivity contribution < 1.29 is 9.18 Å². The van der Waals surface area contributed by atoms with E-state index < -0.39 is 5.82 Å². The first kappa shape index (κ1) is 16.8. The number of pyridine rings is 1. The molecule has 130 valence electrons. The highest BCUT2D eigenvalue weighted by atomic mass is 19.1. The van der Waals surface area contributed by atoms with E-state index in [1.165, 1.54) is 24.4 Å². The second-order valence-corrected chi connectivity index (χ2v) is 5.78. The molecule has 0 aliphatic carbocycles. The maximum atomic E-state index is 13.5. The minimum Gasteiger partial charge on any atom is -0.350 e. The molecule has 25 heavy (non-hydrogen) atoms. The monoisotopic (exact) mass is 343 g/mol. The predicted molar refractivity (Wildman–Crippen MR) is 89.6 cm³/mol. The van der Waals surface area contributed by atoms with Crippen molar-refractivity contribution in [3.05, 3.63) is 63.2 Å². The fraction of sp³-hybridized carbons (Fsp3) is 0.294. The Bertz CT molecular complexity index is 992. The molecule has 0 atom stereocenters. The van der Waals surface area contributed by atoms with Gasteiger partial charge in [0, 0.05) is 30.1 Å². The van der Waals surface area contributed by atoms with E-state index in [4.69, 9.17) is 0 Å². The number of halogens is 1. The van der Waals surface area contributed by atoms with Crippen molar-refractivity contribution in [2.75, 3.05) is 0 Å². The number of amides is 1. The van der Waals surface area contributed by atoms with Crippen LogP contribution in [0, 0.1) is 19.7 Å². The van der Waals surface area contributed by atoms with E-state index in [9.17, 15) is 14.0 Å². The number of carbonyl (C=O) groups is 1. The zero-order valence-electron chi connectivity index (χ0n) is 14.0. The van der Waals surface area contributed by atoms with Crippen molar-refractivity contribution in [1.29, 1.82) is 0 Å². The van der Waals surface area contributed by atoms with E-state index in [0.717, 1.165) is 17.0 Å². The topological polar surface area (TPSA) is 92.1 Å². The third kappa shape index (κ3) is 3.57. The van der Waals surface area contributed by atoms with Crippen LogP contribution < -0.4 is 10.9 Å². The summed E-state index contributed by atoms with van der Waals surface area (Å²) < 4.78 is 15.1. The number of rotatable bonds is 5. The molecule has 8 heteroatoms. The molecule has 7 nitrogen and oxygen atoms in total. The number of fused-ring (bicyclic) bond motifs is 1. The van der Waals surface area contributed by atoms with Crippen molar-refractivity contribution in [1.82, 2.24) is 24.9 Å². The summed E-state index contributed by atoms with van der Waals surface area (Å²) in [5.74, 6) is -0.648. The molecule has 2 N–H and O–H groups in total. The lowest BCUT2D eigenvalue weighted by Crippen LogP contribution is -2.24. The normalized spacial score (nSPS) is 11.0. The summed E-state index contributed by atoms with van der Waals surface area (Å²) in [5, 5.41) is 5.35. The molecule has 0 spiro atoms. The molecule has 3 aromatic rings. The number of nitrogens with one attached hydrogen (secondary N) is 2. The Kier molecular flexibility index (Phi) is 4.60. The quantitative estimate of drug-likeness (QED) is 0.733. The molecule has 3 heterocycles. The summed E-state index contributed by atoms with van der Waals surface area (Å²) in [6.45, 7) is 3.76. The second-order valence-electron chi connectivity index (χ2n) is 5.78. The number of aryl methyl sites for hydroxylation is 2. The summed E-state index contributed by atoms with van der Waals surface area (Å²) in [4.78, 5) is 31.8. The van der Waals surface area contributed by atoms with Gasteiger partial charge >= 0.3 is 0 Å². The third-order valence-corrected chi connectivity index (χ3v) is 4.09. The first-order valence-electron chi connectivity index (χ1n) is 7.89. The van der Waals surface area contributed by atoms with Gasteiger partial charge in [-0.25, -0.2) is 13.9 Å². The Balaban J connectivity index is 1.67. The molecule has 3 aromatic heterocycles. The lowest BCUT2D eigenvalue weighted by molar-refractivity contribution is -0.121. The molecule has 0 saturated heterocycles. The van der Waals surface area contributed by atoms with Crippen molar-refractivity contribution in [3.63, 3.8) is 0 Å². The van der Waals surface area contributed by atoms with Gasteiger partial charge in [0.25, 0.3) is 5.56 Å². The molecule has 0 unspecified atom stereocenters. The maximum absolute atomic E-state index is 13.5. The van der Waals surface area contributed by atoms with Crippen molar-refractivity contribution in [2.45, 2.75) is 33.2 Å². The number of H-pyrrole nitrogens is 1. The van der Waals surface area contributed by atoms with Gasteiger partial charge < -0.3 is 5.32 Å². The van der Waals surface area contributed by atoms with Crippen molar-refractivity contribution in [3.8, 4) is 0 Å². The molecule has 1 amide bonds. The SMILES string of the molecule is Cc1nc2cc(=O)[nH]n2c(C)c1CCC(=O)NCc1ncccc1F. The number of hydrogen-bond acceptors (Lipinski definition) is 4. The molecule has 0 bridgehead atoms. The number of aromatic nitrogens is 4. The highest BCUT2D eigenvalue weighted by molar-refractivity contribution is 5.76. The van der Waals surface area contributed by atoms with E-state index in [-0.39, 0.29) is 30.1 Å². The van der Waals surface area contributed by atoms with E-state index in [1.807, 2.05) is 13.8 Å². The van der Waals surface area contributed by atoms with Gasteiger partial charge in [-0.3, -0.25) is 19.7 Å². The van der Waals surface area contributed by atoms with E-state index in [2.05, 4.69) is 20.4 Å². The maximum Gasteiger partial charge on any atom is 0.266 e. The fourth-order valence-corrected chi connectivity index (χ4v) is 2.78. The van der Waals surface area contributed by atoms with Crippen LogP contribution in [-0.2, 0) is 17.8 Å². The van der Waals surface area contributed by atoms with Gasteiger partial charge in [0.2, 0.25) is 5.91 Å². The van der Waals surface area contributed by atoms with Gasteiger partial charge in [0.1, 0.15) is 5.82 Å². The average Bonchev–Trinajstić information content (AvgIpc) is 2.94. The van der Waals surface area contributed by atoms with Crippen molar-refractivity contribution >= 4 is 11.6 Å². The lowest BCUT2D eigenvalue weighted by atomic mass is 10.1. The Morgan fingerprint density at radius 1 is 1.40 bits per heavy atom. The molecule has 0 aliphatic rings. The van der Waals surface area contributed by atoms with Crippen LogP contribution in [0.15, 0.2) is 29.2 Å². The summed E-state index contributed by atoms with van der Waals surface area (Å²) in [6, 6.07) is 4.23. The average molecular weight is 343 g/mol. The highest BCUT2D eigenvalue weighted by Gasteiger charge is 2.13. The van der Waals surface area contributed by atoms with E-state index in [1.54, 1.807) is 4.52 Å². The first-order valence-corrected chi connectivity index (χ1v) is 7.89. The van der Waals surface area contributed by atoms with Crippen LogP contribution in [0.1, 0.15) is 29.1 Å². The molecule has 3 rings (SSSR count). The largest absolute Gasteiger partial charge is 0.350 e. The summed E-state index contributed by atoms with van der Waals surface area (Å²) in [5.41, 5.74) is 3.06. The molecular weight excluding hydrogens is 325 g/mol. The highest BCUT2D eigenvalue weighted by Crippen LogP contribution is 2.15. The van der Waals surface area contributed by atoms with Crippen LogP contribution in [0.25, 0.3) is 5.65 Å². The molecule has 0 saturated carbocycles. The Hall–Kier alpha value is -3.03. The smallest absolute Gasteiger partial charge is 0.266 e. The van der Waals surface area contributed by atoms with Crippen LogP contribution >= 0.6 is 0 Å². The number of hydrogen-bond donors (Lipinski definition) is 2. The van der Waals surface area contributed by atoms with E-state index in [0.29, 0.717) is 12.1 Å². The van der Waals surface area contributed by atoms with Gasteiger partial charge in [-0.1, -0.05) is 0 Å². The predicted octanol–water partition coefficient (Wildman–Crippen LogP) is 1.42. The zero-order chi connectivity index (χ0) is 18.0. The number of nitrogens with zero attached hydrogens (tertiary/aromatic N) is 3. The minimum absolute atomic E-state index is 0.0473. The summed E-state index contributed by atoms with van der Waals surface area (Å²) in [6.07, 6.45) is 2.18. The molecule has 0 radical (unpaired) electrons. The van der Waals surface area contributed by atoms with Crippen LogP contribution in [0.3, 0.4) is 0 Å². The van der Waals surface area contributed by atoms with Gasteiger partial charge in [-0.15, -0.1) is 0 Å². The van der Waals surface area contributed by atoms with Gasteiger partial charge in [0.15, 0.2) is 5.65 Å². The number of carbonyl (C=O) groups excluding carboxylic acids is 1. The van der Waals surface area contributed by atoms with E-state index >= 15 is 0 Å². The van der Waals surface area contributed by atoms with Crippen molar-refractivity contribution in [2.24, 2.45) is 0 Å². The lowest BCUT2D eigenvalue weighted by Gasteiger charge is -2.11. The standard InChI is InChI=1S/C17H18FN5O2/c1-10-12(11(2)23-15(21-10)8-17(25)22-23)5-6-16(24)20-9-14-13(18)4-3-7-19-14/h3-4,7-8H,5-6,9H2,1-2H3,(H,20,24)(H,22,25). The Morgan fingerprint density at radius 2 is 2.20 bits per heavy atom. The molecule has 0 aliphatic heterocycles. The minimum atomic E-state index is -0.444. The van der Waals surface area contributed by atoms with Gasteiger partial charge in [-0.2, -0.15) is 0 Å². The molecule has 0 fully saturated rings. The molecule has 0 aromatic carbocycles. The van der Waals surface area contributed by atoms with Crippen LogP contribution in [-0.4, -0.2) is 25.5 Å². The fourth-order valence-electron chi connectivity index (χ4n) is 2.78. The molecular formula is C17H18FN5O2. The third-order valence-electron chi connectivity index (χ3n) is 4.09. The van der Waals surface area contributed by atoms with Crippen LogP contribution in [0.2, 0.25) is 0 Å². The second kappa shape index (κ2) is 6.84. The Morgan fingerprint density at radius 3 is 2.96 bits per heavy atom. The van der Waals surface area contributed by atoms with Crippen LogP contribution in [0.4, 0.5) is 4.39 Å². The van der Waals surface area contributed by atoms with Gasteiger partial charge in [-0.05, 0) is 38.0 Å². The number of aromatic amines is 1. The first-order chi connectivity index (χ1) is 12.0. The Labute approximate surface area is 142 Å². The van der Waals surface area contributed by atoms with Crippen LogP contribution in [0.5, 0.6) is 0 Å². The summed E-state index contributed by atoms with van der Waals surface area (Å²) >= 11 is 0. The van der Waals surface area contributed by atoms with Gasteiger partial charge in [0.05, 0.1) is 12.2 Å². The zero-order valence-corrected chi connectivity index (χ0v) is 14.0.